The van der Waals surface area contributed by atoms with Crippen molar-refractivity contribution in [1.82, 2.24) is 0 Å². The van der Waals surface area contributed by atoms with Crippen LogP contribution < -0.4 is 4.90 Å². The lowest BCUT2D eigenvalue weighted by molar-refractivity contribution is -0.113. The minimum absolute atomic E-state index is 0.00138. The fraction of sp³-hybridized carbons (Fsp3) is 0.185. The van der Waals surface area contributed by atoms with Gasteiger partial charge in [0, 0.05) is 28.4 Å². The van der Waals surface area contributed by atoms with Gasteiger partial charge in [-0.1, -0.05) is 78.4 Å². The van der Waals surface area contributed by atoms with Crippen LogP contribution in [0.3, 0.4) is 0 Å². The van der Waals surface area contributed by atoms with Gasteiger partial charge in [-0.05, 0) is 38.5 Å². The van der Waals surface area contributed by atoms with Gasteiger partial charge in [0.05, 0.1) is 0 Å². The summed E-state index contributed by atoms with van der Waals surface area (Å²) < 4.78 is 0. The summed E-state index contributed by atoms with van der Waals surface area (Å²) in [5, 5.41) is 0. The topological polar surface area (TPSA) is 37.4 Å². The van der Waals surface area contributed by atoms with Crippen LogP contribution in [0.25, 0.3) is 0 Å². The predicted molar refractivity (Wildman–Crippen MR) is 121 cm³/mol. The monoisotopic (exact) mass is 395 g/mol. The van der Waals surface area contributed by atoms with Gasteiger partial charge >= 0.3 is 0 Å². The van der Waals surface area contributed by atoms with E-state index in [1.165, 1.54) is 0 Å². The zero-order chi connectivity index (χ0) is 21.3. The highest BCUT2D eigenvalue weighted by molar-refractivity contribution is 6.08. The molecule has 0 N–H and O–H groups in total. The molecule has 0 bridgehead atoms. The summed E-state index contributed by atoms with van der Waals surface area (Å²) in [6, 6.07) is 26.9. The summed E-state index contributed by atoms with van der Waals surface area (Å²) in [7, 11) is 0. The summed E-state index contributed by atoms with van der Waals surface area (Å²) in [6.45, 7) is 5.55. The van der Waals surface area contributed by atoms with Gasteiger partial charge in [0.1, 0.15) is 6.04 Å². The van der Waals surface area contributed by atoms with E-state index < -0.39 is 6.04 Å². The van der Waals surface area contributed by atoms with E-state index in [-0.39, 0.29) is 17.5 Å². The molecule has 0 saturated heterocycles. The Morgan fingerprint density at radius 3 is 1.90 bits per heavy atom. The molecule has 1 heterocycles. The molecule has 150 valence electrons. The maximum atomic E-state index is 13.9. The minimum Gasteiger partial charge on any atom is -0.333 e. The third-order valence-corrected chi connectivity index (χ3v) is 5.83. The second-order valence-electron chi connectivity index (χ2n) is 7.82. The molecule has 1 aliphatic heterocycles. The SMILES string of the molecule is CC(=O)C1=C(C)N(c2ccccc2)C(C(=O)c2ccc(C)cc2)C1c1ccccc1. The molecule has 3 aromatic rings. The van der Waals surface area contributed by atoms with E-state index in [1.807, 2.05) is 104 Å². The van der Waals surface area contributed by atoms with Crippen molar-refractivity contribution in [2.24, 2.45) is 0 Å². The molecule has 0 aliphatic carbocycles. The molecular formula is C27H25NO2. The van der Waals surface area contributed by atoms with Gasteiger partial charge in [0.15, 0.2) is 11.6 Å². The average molecular weight is 396 g/mol. The number of aryl methyl sites for hydroxylation is 1. The number of anilines is 1. The first-order valence-electron chi connectivity index (χ1n) is 10.2. The summed E-state index contributed by atoms with van der Waals surface area (Å²) in [6.07, 6.45) is 0. The van der Waals surface area contributed by atoms with Crippen LogP contribution in [0.2, 0.25) is 0 Å². The number of rotatable bonds is 5. The van der Waals surface area contributed by atoms with Crippen LogP contribution in [-0.4, -0.2) is 17.6 Å². The number of ketones is 2. The molecule has 2 unspecified atom stereocenters. The molecule has 30 heavy (non-hydrogen) atoms. The zero-order valence-corrected chi connectivity index (χ0v) is 17.5. The van der Waals surface area contributed by atoms with Crippen molar-refractivity contribution in [1.29, 1.82) is 0 Å². The zero-order valence-electron chi connectivity index (χ0n) is 17.5. The Hall–Kier alpha value is -3.46. The maximum Gasteiger partial charge on any atom is 0.186 e. The first-order valence-corrected chi connectivity index (χ1v) is 10.2. The van der Waals surface area contributed by atoms with Crippen molar-refractivity contribution >= 4 is 17.3 Å². The Morgan fingerprint density at radius 1 is 0.767 bits per heavy atom. The first-order chi connectivity index (χ1) is 14.5. The second-order valence-corrected chi connectivity index (χ2v) is 7.82. The second kappa shape index (κ2) is 8.11. The minimum atomic E-state index is -0.517. The molecule has 0 saturated carbocycles. The summed E-state index contributed by atoms with van der Waals surface area (Å²) in [5.41, 5.74) is 5.20. The fourth-order valence-corrected chi connectivity index (χ4v) is 4.45. The standard InChI is InChI=1S/C27H25NO2/c1-18-14-16-22(17-15-18)27(30)26-25(21-10-6-4-7-11-21)24(20(3)29)19(2)28(26)23-12-8-5-9-13-23/h4-17,25-26H,1-3H3. The quantitative estimate of drug-likeness (QED) is 0.519. The summed E-state index contributed by atoms with van der Waals surface area (Å²) in [4.78, 5) is 28.7. The van der Waals surface area contributed by atoms with Crippen molar-refractivity contribution in [2.45, 2.75) is 32.7 Å². The van der Waals surface area contributed by atoms with Crippen molar-refractivity contribution in [3.8, 4) is 0 Å². The van der Waals surface area contributed by atoms with Crippen LogP contribution in [0.4, 0.5) is 5.69 Å². The van der Waals surface area contributed by atoms with Crippen molar-refractivity contribution in [2.75, 3.05) is 4.90 Å². The highest BCUT2D eigenvalue weighted by atomic mass is 16.1. The van der Waals surface area contributed by atoms with E-state index in [9.17, 15) is 9.59 Å². The Balaban J connectivity index is 1.92. The van der Waals surface area contributed by atoms with Crippen molar-refractivity contribution in [3.05, 3.63) is 113 Å². The van der Waals surface area contributed by atoms with Gasteiger partial charge in [-0.3, -0.25) is 9.59 Å². The van der Waals surface area contributed by atoms with Crippen molar-refractivity contribution in [3.63, 3.8) is 0 Å². The van der Waals surface area contributed by atoms with E-state index in [4.69, 9.17) is 0 Å². The lowest BCUT2D eigenvalue weighted by Gasteiger charge is -2.31. The van der Waals surface area contributed by atoms with E-state index in [0.717, 1.165) is 22.5 Å². The normalized spacial score (nSPS) is 18.6. The van der Waals surface area contributed by atoms with Gasteiger partial charge in [0.2, 0.25) is 0 Å². The molecule has 1 aliphatic rings. The lowest BCUT2D eigenvalue weighted by Crippen LogP contribution is -2.40. The number of carbonyl (C=O) groups is 2. The van der Waals surface area contributed by atoms with E-state index in [2.05, 4.69) is 0 Å². The van der Waals surface area contributed by atoms with Crippen LogP contribution in [0.15, 0.2) is 96.2 Å². The Morgan fingerprint density at radius 2 is 1.33 bits per heavy atom. The van der Waals surface area contributed by atoms with Gasteiger partial charge < -0.3 is 4.90 Å². The number of carbonyl (C=O) groups excluding carboxylic acids is 2. The van der Waals surface area contributed by atoms with Crippen LogP contribution in [0.1, 0.15) is 41.3 Å². The van der Waals surface area contributed by atoms with E-state index in [1.54, 1.807) is 6.92 Å². The number of hydrogen-bond acceptors (Lipinski definition) is 3. The van der Waals surface area contributed by atoms with Gasteiger partial charge in [-0.25, -0.2) is 0 Å². The largest absolute Gasteiger partial charge is 0.333 e. The molecule has 0 radical (unpaired) electrons. The Bertz CT molecular complexity index is 1100. The highest BCUT2D eigenvalue weighted by Crippen LogP contribution is 2.45. The number of nitrogens with zero attached hydrogens (tertiary/aromatic N) is 1. The van der Waals surface area contributed by atoms with Crippen LogP contribution in [0, 0.1) is 6.92 Å². The summed E-state index contributed by atoms with van der Waals surface area (Å²) in [5.74, 6) is -0.303. The fourth-order valence-electron chi connectivity index (χ4n) is 4.45. The number of Topliss-reactive ketones (excluding diaryl/α,β-unsaturated/α-hetero) is 2. The van der Waals surface area contributed by atoms with Crippen LogP contribution >= 0.6 is 0 Å². The first kappa shape index (κ1) is 19.8. The number of hydrogen-bond donors (Lipinski definition) is 0. The molecule has 0 aromatic heterocycles. The van der Waals surface area contributed by atoms with Crippen LogP contribution in [0.5, 0.6) is 0 Å². The maximum absolute atomic E-state index is 13.9. The highest BCUT2D eigenvalue weighted by Gasteiger charge is 2.46. The lowest BCUT2D eigenvalue weighted by atomic mass is 9.82. The Kier molecular flexibility index (Phi) is 5.37. The summed E-state index contributed by atoms with van der Waals surface area (Å²) >= 11 is 0. The van der Waals surface area contributed by atoms with E-state index in [0.29, 0.717) is 11.1 Å². The van der Waals surface area contributed by atoms with Crippen molar-refractivity contribution < 1.29 is 9.59 Å². The van der Waals surface area contributed by atoms with E-state index >= 15 is 0 Å². The molecule has 4 rings (SSSR count). The van der Waals surface area contributed by atoms with Crippen LogP contribution in [-0.2, 0) is 4.79 Å². The van der Waals surface area contributed by atoms with Gasteiger partial charge in [0.25, 0.3) is 0 Å². The number of benzene rings is 3. The number of para-hydroxylation sites is 1. The molecule has 2 atom stereocenters. The molecule has 0 amide bonds. The third kappa shape index (κ3) is 3.48. The molecule has 0 spiro atoms. The molecular weight excluding hydrogens is 370 g/mol. The van der Waals surface area contributed by atoms with Gasteiger partial charge in [-0.2, -0.15) is 0 Å². The molecule has 3 heteroatoms. The Labute approximate surface area is 177 Å². The molecule has 3 aromatic carbocycles. The average Bonchev–Trinajstić information content (AvgIpc) is 3.08. The van der Waals surface area contributed by atoms with Gasteiger partial charge in [-0.15, -0.1) is 0 Å². The number of allylic oxidation sites excluding steroid dienone is 1. The molecule has 3 nitrogen and oxygen atoms in total. The molecule has 0 fully saturated rings. The predicted octanol–water partition coefficient (Wildman–Crippen LogP) is 5.71. The smallest absolute Gasteiger partial charge is 0.186 e. The third-order valence-electron chi connectivity index (χ3n) is 5.83.